The first-order chi connectivity index (χ1) is 11.4. The number of nitrogens with zero attached hydrogens (tertiary/aromatic N) is 2. The highest BCUT2D eigenvalue weighted by molar-refractivity contribution is 7.89. The van der Waals surface area contributed by atoms with Crippen molar-refractivity contribution in [3.8, 4) is 0 Å². The van der Waals surface area contributed by atoms with Crippen molar-refractivity contribution >= 4 is 33.8 Å². The van der Waals surface area contributed by atoms with E-state index >= 15 is 0 Å². The van der Waals surface area contributed by atoms with Crippen LogP contribution in [0.1, 0.15) is 17.7 Å². The number of nitrogens with two attached hydrogens (primary N) is 1. The number of sulfonamides is 1. The molecule has 1 aliphatic rings. The molecule has 0 saturated carbocycles. The zero-order chi connectivity index (χ0) is 17.2. The van der Waals surface area contributed by atoms with Crippen LogP contribution in [0.25, 0.3) is 12.2 Å². The first-order valence-electron chi connectivity index (χ1n) is 7.44. The van der Waals surface area contributed by atoms with Crippen LogP contribution in [-0.4, -0.2) is 31.1 Å². The number of rotatable bonds is 4. The molecule has 6 nitrogen and oxygen atoms in total. The van der Waals surface area contributed by atoms with Crippen LogP contribution < -0.4 is 10.0 Å². The number of amides is 1. The Morgan fingerprint density at radius 2 is 2.00 bits per heavy atom. The Morgan fingerprint density at radius 3 is 2.67 bits per heavy atom. The summed E-state index contributed by atoms with van der Waals surface area (Å²) in [5, 5.41) is 4.31. The van der Waals surface area contributed by atoms with Crippen LogP contribution in [-0.2, 0) is 14.8 Å². The second-order valence-electron chi connectivity index (χ2n) is 5.60. The van der Waals surface area contributed by atoms with E-state index in [-0.39, 0.29) is 18.9 Å². The van der Waals surface area contributed by atoms with E-state index in [2.05, 4.69) is 4.98 Å². The molecule has 0 spiro atoms. The predicted molar refractivity (Wildman–Crippen MR) is 93.5 cm³/mol. The van der Waals surface area contributed by atoms with Crippen molar-refractivity contribution in [1.82, 2.24) is 4.98 Å². The Balaban J connectivity index is 1.81. The Labute approximate surface area is 140 Å². The van der Waals surface area contributed by atoms with Crippen LogP contribution in [0.15, 0.2) is 48.7 Å². The molecule has 1 aromatic carbocycles. The topological polar surface area (TPSA) is 93.4 Å². The molecule has 1 saturated heterocycles. The van der Waals surface area contributed by atoms with Gasteiger partial charge in [-0.1, -0.05) is 24.3 Å². The van der Waals surface area contributed by atoms with Gasteiger partial charge >= 0.3 is 0 Å². The van der Waals surface area contributed by atoms with Gasteiger partial charge in [-0.15, -0.1) is 0 Å². The van der Waals surface area contributed by atoms with Gasteiger partial charge in [-0.2, -0.15) is 0 Å². The third-order valence-electron chi connectivity index (χ3n) is 3.87. The summed E-state index contributed by atoms with van der Waals surface area (Å²) in [5.41, 5.74) is 2.38. The van der Waals surface area contributed by atoms with E-state index in [0.717, 1.165) is 11.3 Å². The average Bonchev–Trinajstić information content (AvgIpc) is 2.96. The summed E-state index contributed by atoms with van der Waals surface area (Å²) in [5.74, 6) is -0.236. The lowest BCUT2D eigenvalue weighted by atomic mass is 10.1. The molecule has 7 heteroatoms. The number of hydrogen-bond donors (Lipinski definition) is 1. The van der Waals surface area contributed by atoms with Crippen LogP contribution >= 0.6 is 0 Å². The molecule has 2 aromatic rings. The normalized spacial score (nSPS) is 18.5. The van der Waals surface area contributed by atoms with Gasteiger partial charge in [0.2, 0.25) is 15.9 Å². The highest BCUT2D eigenvalue weighted by Gasteiger charge is 2.37. The molecule has 1 unspecified atom stereocenters. The van der Waals surface area contributed by atoms with Crippen molar-refractivity contribution in [2.45, 2.75) is 11.7 Å². The quantitative estimate of drug-likeness (QED) is 0.913. The summed E-state index contributed by atoms with van der Waals surface area (Å²) in [4.78, 5) is 17.8. The van der Waals surface area contributed by atoms with Gasteiger partial charge in [0.15, 0.2) is 0 Å². The molecule has 2 heterocycles. The summed E-state index contributed by atoms with van der Waals surface area (Å²) in [6, 6.07) is 13.0. The first-order valence-corrected chi connectivity index (χ1v) is 9.05. The fraction of sp³-hybridized carbons (Fsp3) is 0.176. The maximum absolute atomic E-state index is 12.1. The third-order valence-corrected chi connectivity index (χ3v) is 5.12. The number of anilines is 1. The summed E-state index contributed by atoms with van der Waals surface area (Å²) in [6.45, 7) is 0.0884. The minimum Gasteiger partial charge on any atom is -0.311 e. The maximum Gasteiger partial charge on any atom is 0.228 e. The van der Waals surface area contributed by atoms with E-state index in [9.17, 15) is 13.2 Å². The monoisotopic (exact) mass is 343 g/mol. The molecule has 0 aliphatic carbocycles. The smallest absolute Gasteiger partial charge is 0.228 e. The van der Waals surface area contributed by atoms with Gasteiger partial charge in [-0.25, -0.2) is 13.6 Å². The van der Waals surface area contributed by atoms with Crippen molar-refractivity contribution in [2.75, 3.05) is 11.4 Å². The highest BCUT2D eigenvalue weighted by Crippen LogP contribution is 2.25. The molecule has 2 N–H and O–H groups in total. The second-order valence-corrected chi connectivity index (χ2v) is 7.45. The van der Waals surface area contributed by atoms with Crippen molar-refractivity contribution in [3.63, 3.8) is 0 Å². The molecule has 1 atom stereocenters. The van der Waals surface area contributed by atoms with Crippen molar-refractivity contribution in [2.24, 2.45) is 5.14 Å². The van der Waals surface area contributed by atoms with Gasteiger partial charge in [-0.05, 0) is 35.9 Å². The SMILES string of the molecule is NS(=O)(=O)C1CC(=O)N(c2cccc(C=Cc3ccccn3)c2)C1. The maximum atomic E-state index is 12.1. The molecular formula is C17H17N3O3S. The minimum absolute atomic E-state index is 0.0766. The predicted octanol–water partition coefficient (Wildman–Crippen LogP) is 1.65. The number of carbonyl (C=O) groups is 1. The lowest BCUT2D eigenvalue weighted by Gasteiger charge is -2.16. The molecule has 124 valence electrons. The molecular weight excluding hydrogens is 326 g/mol. The van der Waals surface area contributed by atoms with E-state index in [1.165, 1.54) is 4.90 Å². The van der Waals surface area contributed by atoms with Gasteiger partial charge in [0.25, 0.3) is 0 Å². The van der Waals surface area contributed by atoms with Gasteiger partial charge in [-0.3, -0.25) is 9.78 Å². The number of benzene rings is 1. The van der Waals surface area contributed by atoms with Crippen LogP contribution in [0.5, 0.6) is 0 Å². The lowest BCUT2D eigenvalue weighted by molar-refractivity contribution is -0.117. The van der Waals surface area contributed by atoms with E-state index < -0.39 is 15.3 Å². The third kappa shape index (κ3) is 3.69. The van der Waals surface area contributed by atoms with Gasteiger partial charge in [0.05, 0.1) is 5.69 Å². The summed E-state index contributed by atoms with van der Waals surface area (Å²) >= 11 is 0. The Hall–Kier alpha value is -2.51. The van der Waals surface area contributed by atoms with Gasteiger partial charge in [0.1, 0.15) is 5.25 Å². The lowest BCUT2D eigenvalue weighted by Crippen LogP contribution is -2.32. The van der Waals surface area contributed by atoms with Crippen LogP contribution in [0.4, 0.5) is 5.69 Å². The molecule has 0 radical (unpaired) electrons. The van der Waals surface area contributed by atoms with Crippen molar-refractivity contribution < 1.29 is 13.2 Å². The number of aromatic nitrogens is 1. The zero-order valence-corrected chi connectivity index (χ0v) is 13.7. The second kappa shape index (κ2) is 6.54. The summed E-state index contributed by atoms with van der Waals surface area (Å²) in [6.07, 6.45) is 5.40. The fourth-order valence-corrected chi connectivity index (χ4v) is 3.33. The molecule has 1 aliphatic heterocycles. The van der Waals surface area contributed by atoms with Crippen LogP contribution in [0.3, 0.4) is 0 Å². The first kappa shape index (κ1) is 16.4. The highest BCUT2D eigenvalue weighted by atomic mass is 32.2. The van der Waals surface area contributed by atoms with Gasteiger partial charge < -0.3 is 4.90 Å². The van der Waals surface area contributed by atoms with Crippen molar-refractivity contribution in [3.05, 3.63) is 59.9 Å². The minimum atomic E-state index is -3.72. The zero-order valence-electron chi connectivity index (χ0n) is 12.9. The average molecular weight is 343 g/mol. The van der Waals surface area contributed by atoms with Crippen molar-refractivity contribution in [1.29, 1.82) is 0 Å². The number of primary sulfonamides is 1. The molecule has 1 amide bonds. The van der Waals surface area contributed by atoms with E-state index in [1.54, 1.807) is 12.3 Å². The van der Waals surface area contributed by atoms with Gasteiger partial charge in [0, 0.05) is 24.8 Å². The van der Waals surface area contributed by atoms with Crippen LogP contribution in [0.2, 0.25) is 0 Å². The Kier molecular flexibility index (Phi) is 4.46. The Bertz CT molecular complexity index is 879. The summed E-state index contributed by atoms with van der Waals surface area (Å²) in [7, 11) is -3.72. The Morgan fingerprint density at radius 1 is 1.17 bits per heavy atom. The largest absolute Gasteiger partial charge is 0.311 e. The standard InChI is InChI=1S/C17H17N3O3S/c18-24(22,23)16-11-17(21)20(12-16)15-6-3-4-13(10-15)7-8-14-5-1-2-9-19-14/h1-10,16H,11-12H2,(H2,18,22,23). The number of pyridine rings is 1. The van der Waals surface area contributed by atoms with E-state index in [4.69, 9.17) is 5.14 Å². The summed E-state index contributed by atoms with van der Waals surface area (Å²) < 4.78 is 22.9. The molecule has 24 heavy (non-hydrogen) atoms. The fourth-order valence-electron chi connectivity index (χ4n) is 2.60. The van der Waals surface area contributed by atoms with E-state index in [1.807, 2.05) is 48.6 Å². The van der Waals surface area contributed by atoms with E-state index in [0.29, 0.717) is 5.69 Å². The number of hydrogen-bond acceptors (Lipinski definition) is 4. The molecule has 3 rings (SSSR count). The van der Waals surface area contributed by atoms with Crippen LogP contribution in [0, 0.1) is 0 Å². The molecule has 1 aromatic heterocycles. The number of carbonyl (C=O) groups excluding carboxylic acids is 1. The molecule has 1 fully saturated rings. The molecule has 0 bridgehead atoms.